The molecule has 0 bridgehead atoms. The Balaban J connectivity index is 1.29. The number of nitrogens with zero attached hydrogens (tertiary/aromatic N) is 1. The number of rotatable bonds is 9. The van der Waals surface area contributed by atoms with Gasteiger partial charge in [0.25, 0.3) is 11.8 Å². The quantitative estimate of drug-likeness (QED) is 0.312. The number of hydrogen-bond donors (Lipinski definition) is 4. The molecule has 4 N–H and O–H groups in total. The van der Waals surface area contributed by atoms with Gasteiger partial charge in [0.1, 0.15) is 11.7 Å². The van der Waals surface area contributed by atoms with Crippen molar-refractivity contribution in [1.29, 1.82) is 0 Å². The first-order valence-electron chi connectivity index (χ1n) is 13.2. The molecule has 1 aromatic heterocycles. The monoisotopic (exact) mass is 529 g/mol. The molecule has 0 radical (unpaired) electrons. The number of likely N-dealkylation sites (tertiary alicyclic amines) is 1. The predicted octanol–water partition coefficient (Wildman–Crippen LogP) is 1.67. The van der Waals surface area contributed by atoms with Crippen LogP contribution in [0.1, 0.15) is 41.7 Å². The molecule has 0 aliphatic carbocycles. The number of carbonyl (C=O) groups excluding carboxylic acids is 5. The molecule has 2 aliphatic rings. The van der Waals surface area contributed by atoms with Gasteiger partial charge in [-0.2, -0.15) is 0 Å². The number of nitrogens with one attached hydrogen (secondary N) is 4. The number of aromatic nitrogens is 1. The molecule has 2 saturated heterocycles. The highest BCUT2D eigenvalue weighted by Gasteiger charge is 2.39. The summed E-state index contributed by atoms with van der Waals surface area (Å²) in [6.45, 7) is 1.03. The van der Waals surface area contributed by atoms with Crippen LogP contribution in [0.25, 0.3) is 10.9 Å². The lowest BCUT2D eigenvalue weighted by atomic mass is 9.95. The first kappa shape index (κ1) is 26.1. The van der Waals surface area contributed by atoms with Gasteiger partial charge in [-0.1, -0.05) is 48.5 Å². The van der Waals surface area contributed by atoms with E-state index in [1.807, 2.05) is 54.6 Å². The van der Waals surface area contributed by atoms with Crippen molar-refractivity contribution in [3.8, 4) is 0 Å². The zero-order chi connectivity index (χ0) is 27.4. The molecule has 2 aromatic carbocycles. The maximum absolute atomic E-state index is 13.4. The highest BCUT2D eigenvalue weighted by Crippen LogP contribution is 2.24. The molecular formula is C29H31N5O5. The average Bonchev–Trinajstić information content (AvgIpc) is 3.71. The molecule has 3 unspecified atom stereocenters. The molecule has 2 fully saturated rings. The lowest BCUT2D eigenvalue weighted by Crippen LogP contribution is -2.54. The van der Waals surface area contributed by atoms with Gasteiger partial charge in [-0.3, -0.25) is 24.0 Å². The average molecular weight is 530 g/mol. The van der Waals surface area contributed by atoms with Gasteiger partial charge < -0.3 is 25.8 Å². The number of para-hydroxylation sites is 1. The summed E-state index contributed by atoms with van der Waals surface area (Å²) in [5.41, 5.74) is 2.03. The number of H-pyrrole nitrogens is 1. The Morgan fingerprint density at radius 2 is 1.77 bits per heavy atom. The first-order chi connectivity index (χ1) is 18.9. The van der Waals surface area contributed by atoms with Gasteiger partial charge in [0, 0.05) is 36.5 Å². The number of Topliss-reactive ketones (excluding diaryl/α,β-unsaturated/α-hetero) is 1. The minimum Gasteiger partial charge on any atom is -0.356 e. The number of benzene rings is 2. The standard InChI is InChI=1S/C29H31N5O5/c35-25(28(38)31-17-18-7-2-1-3-8-18)22(16-20-12-13-30-26(20)36)33-27(37)24-11-6-14-34(24)29(39)23-15-19-9-4-5-10-21(19)32-23/h1-5,7-10,15,20,22,24,32H,6,11-14,16-17H2,(H,30,36)(H,31,38)(H,33,37). The summed E-state index contributed by atoms with van der Waals surface area (Å²) >= 11 is 0. The Kier molecular flexibility index (Phi) is 7.72. The SMILES string of the molecule is O=C(NCc1ccccc1)C(=O)C(CC1CCNC1=O)NC(=O)C1CCCN1C(=O)c1cc2ccccc2[nH]1. The summed E-state index contributed by atoms with van der Waals surface area (Å²) in [7, 11) is 0. The molecule has 5 rings (SSSR count). The summed E-state index contributed by atoms with van der Waals surface area (Å²) < 4.78 is 0. The maximum Gasteiger partial charge on any atom is 0.289 e. The van der Waals surface area contributed by atoms with Crippen LogP contribution >= 0.6 is 0 Å². The minimum atomic E-state index is -1.19. The van der Waals surface area contributed by atoms with E-state index in [1.54, 1.807) is 6.07 Å². The van der Waals surface area contributed by atoms with E-state index in [9.17, 15) is 24.0 Å². The van der Waals surface area contributed by atoms with E-state index in [1.165, 1.54) is 4.90 Å². The number of amides is 4. The summed E-state index contributed by atoms with van der Waals surface area (Å²) in [6.07, 6.45) is 1.59. The highest BCUT2D eigenvalue weighted by molar-refractivity contribution is 6.38. The van der Waals surface area contributed by atoms with E-state index in [0.717, 1.165) is 16.5 Å². The van der Waals surface area contributed by atoms with Gasteiger partial charge >= 0.3 is 0 Å². The fraction of sp³-hybridized carbons (Fsp3) is 0.345. The van der Waals surface area contributed by atoms with Crippen LogP contribution in [0.15, 0.2) is 60.7 Å². The molecule has 3 atom stereocenters. The molecule has 0 spiro atoms. The van der Waals surface area contributed by atoms with Gasteiger partial charge in [0.15, 0.2) is 0 Å². The maximum atomic E-state index is 13.4. The normalized spacial score (nSPS) is 19.5. The highest BCUT2D eigenvalue weighted by atomic mass is 16.2. The molecule has 10 nitrogen and oxygen atoms in total. The summed E-state index contributed by atoms with van der Waals surface area (Å²) in [6, 6.07) is 16.5. The second kappa shape index (κ2) is 11.5. The minimum absolute atomic E-state index is 0.0118. The Hall–Kier alpha value is -4.47. The first-order valence-corrected chi connectivity index (χ1v) is 13.2. The number of fused-ring (bicyclic) bond motifs is 1. The molecule has 2 aliphatic heterocycles. The molecular weight excluding hydrogens is 498 g/mol. The van der Waals surface area contributed by atoms with Gasteiger partial charge in [-0.25, -0.2) is 0 Å². The van der Waals surface area contributed by atoms with Gasteiger partial charge in [-0.05, 0) is 43.4 Å². The van der Waals surface area contributed by atoms with Crippen molar-refractivity contribution in [3.63, 3.8) is 0 Å². The second-order valence-electron chi connectivity index (χ2n) is 10.0. The zero-order valence-electron chi connectivity index (χ0n) is 21.4. The van der Waals surface area contributed by atoms with Crippen LogP contribution < -0.4 is 16.0 Å². The van der Waals surface area contributed by atoms with Gasteiger partial charge in [0.2, 0.25) is 17.6 Å². The van der Waals surface area contributed by atoms with Crippen LogP contribution in [0.5, 0.6) is 0 Å². The van der Waals surface area contributed by atoms with Crippen molar-refractivity contribution in [2.45, 2.75) is 44.3 Å². The van der Waals surface area contributed by atoms with E-state index in [-0.39, 0.29) is 24.8 Å². The molecule has 202 valence electrons. The Bertz CT molecular complexity index is 1370. The van der Waals surface area contributed by atoms with Crippen LogP contribution in [0.4, 0.5) is 0 Å². The molecule has 3 heterocycles. The molecule has 10 heteroatoms. The molecule has 39 heavy (non-hydrogen) atoms. The number of hydrogen-bond acceptors (Lipinski definition) is 5. The fourth-order valence-electron chi connectivity index (χ4n) is 5.30. The van der Waals surface area contributed by atoms with Crippen LogP contribution in [-0.2, 0) is 25.7 Å². The van der Waals surface area contributed by atoms with Crippen LogP contribution in [0.2, 0.25) is 0 Å². The van der Waals surface area contributed by atoms with E-state index >= 15 is 0 Å². The zero-order valence-corrected chi connectivity index (χ0v) is 21.4. The third-order valence-corrected chi connectivity index (χ3v) is 7.41. The Labute approximate surface area is 225 Å². The van der Waals surface area contributed by atoms with Gasteiger partial charge in [-0.15, -0.1) is 0 Å². The lowest BCUT2D eigenvalue weighted by molar-refractivity contribution is -0.141. The van der Waals surface area contributed by atoms with Crippen molar-refractivity contribution in [1.82, 2.24) is 25.8 Å². The van der Waals surface area contributed by atoms with Crippen molar-refractivity contribution >= 4 is 40.3 Å². The van der Waals surface area contributed by atoms with Gasteiger partial charge in [0.05, 0.1) is 6.04 Å². The fourth-order valence-corrected chi connectivity index (χ4v) is 5.30. The van der Waals surface area contributed by atoms with Crippen LogP contribution in [0.3, 0.4) is 0 Å². The van der Waals surface area contributed by atoms with E-state index in [2.05, 4.69) is 20.9 Å². The van der Waals surface area contributed by atoms with Crippen molar-refractivity contribution in [3.05, 3.63) is 71.9 Å². The van der Waals surface area contributed by atoms with E-state index < -0.39 is 35.6 Å². The molecule has 3 aromatic rings. The second-order valence-corrected chi connectivity index (χ2v) is 10.0. The smallest absolute Gasteiger partial charge is 0.289 e. The van der Waals surface area contributed by atoms with E-state index in [4.69, 9.17) is 0 Å². The predicted molar refractivity (Wildman–Crippen MR) is 143 cm³/mol. The van der Waals surface area contributed by atoms with Crippen molar-refractivity contribution in [2.75, 3.05) is 13.1 Å². The van der Waals surface area contributed by atoms with Crippen molar-refractivity contribution < 1.29 is 24.0 Å². The summed E-state index contributed by atoms with van der Waals surface area (Å²) in [5.74, 6) is -3.16. The van der Waals surface area contributed by atoms with Crippen molar-refractivity contribution in [2.24, 2.45) is 5.92 Å². The summed E-state index contributed by atoms with van der Waals surface area (Å²) in [4.78, 5) is 69.6. The van der Waals surface area contributed by atoms with E-state index in [0.29, 0.717) is 38.0 Å². The van der Waals surface area contributed by atoms with Crippen LogP contribution in [0, 0.1) is 5.92 Å². The Morgan fingerprint density at radius 3 is 2.51 bits per heavy atom. The number of ketones is 1. The largest absolute Gasteiger partial charge is 0.356 e. The molecule has 4 amide bonds. The van der Waals surface area contributed by atoms with Crippen LogP contribution in [-0.4, -0.2) is 64.5 Å². The number of carbonyl (C=O) groups is 5. The third-order valence-electron chi connectivity index (χ3n) is 7.41. The molecule has 0 saturated carbocycles. The Morgan fingerprint density at radius 1 is 1.00 bits per heavy atom. The number of aromatic amines is 1. The summed E-state index contributed by atoms with van der Waals surface area (Å²) in [5, 5.41) is 8.95. The third kappa shape index (κ3) is 5.84. The topological polar surface area (TPSA) is 140 Å². The lowest BCUT2D eigenvalue weighted by Gasteiger charge is -2.26.